The summed E-state index contributed by atoms with van der Waals surface area (Å²) < 4.78 is 37.7. The van der Waals surface area contributed by atoms with Crippen molar-refractivity contribution in [3.8, 4) is 0 Å². The minimum Gasteiger partial charge on any atom is -0.342 e. The van der Waals surface area contributed by atoms with E-state index < -0.39 is 20.9 Å². The highest BCUT2D eigenvalue weighted by atomic mass is 32.2. The summed E-state index contributed by atoms with van der Waals surface area (Å²) in [6.07, 6.45) is 0.790. The summed E-state index contributed by atoms with van der Waals surface area (Å²) >= 11 is 0. The maximum atomic E-state index is 12.9. The average Bonchev–Trinajstić information content (AvgIpc) is 2.96. The van der Waals surface area contributed by atoms with Gasteiger partial charge in [-0.25, -0.2) is 12.8 Å². The second-order valence-corrected chi connectivity index (χ2v) is 8.11. The smallest absolute Gasteiger partial charge is 0.223 e. The van der Waals surface area contributed by atoms with E-state index in [1.165, 1.54) is 19.1 Å². The summed E-state index contributed by atoms with van der Waals surface area (Å²) in [6, 6.07) is 4.67. The largest absolute Gasteiger partial charge is 0.342 e. The van der Waals surface area contributed by atoms with Crippen LogP contribution in [0.5, 0.6) is 0 Å². The third-order valence-corrected chi connectivity index (χ3v) is 6.26. The lowest BCUT2D eigenvalue weighted by molar-refractivity contribution is -0.130. The third kappa shape index (κ3) is 3.64. The lowest BCUT2D eigenvalue weighted by Gasteiger charge is -2.19. The fourth-order valence-electron chi connectivity index (χ4n) is 2.59. The molecule has 1 saturated heterocycles. The molecule has 5 nitrogen and oxygen atoms in total. The Kier molecular flexibility index (Phi) is 5.18. The van der Waals surface area contributed by atoms with Gasteiger partial charge < -0.3 is 10.6 Å². The van der Waals surface area contributed by atoms with Crippen LogP contribution in [0.15, 0.2) is 29.2 Å². The van der Waals surface area contributed by atoms with Crippen LogP contribution in [0.25, 0.3) is 0 Å². The molecule has 1 amide bonds. The van der Waals surface area contributed by atoms with Gasteiger partial charge >= 0.3 is 0 Å². The molecule has 2 rings (SSSR count). The lowest BCUT2D eigenvalue weighted by Crippen LogP contribution is -2.33. The predicted octanol–water partition coefficient (Wildman–Crippen LogP) is 1.19. The first kappa shape index (κ1) is 16.9. The Bertz CT molecular complexity index is 631. The molecule has 122 valence electrons. The standard InChI is InChI=1S/C15H21FN2O3S/c1-11(8-15(19)18-7-6-12(9-17)10-18)22(20,21)14-4-2-13(16)3-5-14/h2-5,11-12H,6-10,17H2,1H3. The van der Waals surface area contributed by atoms with Gasteiger partial charge in [-0.1, -0.05) is 0 Å². The van der Waals surface area contributed by atoms with Crippen molar-refractivity contribution in [2.45, 2.75) is 29.9 Å². The van der Waals surface area contributed by atoms with Crippen molar-refractivity contribution in [3.05, 3.63) is 30.1 Å². The fraction of sp³-hybridized carbons (Fsp3) is 0.533. The van der Waals surface area contributed by atoms with E-state index in [0.29, 0.717) is 25.6 Å². The zero-order valence-corrected chi connectivity index (χ0v) is 13.4. The van der Waals surface area contributed by atoms with Gasteiger partial charge in [0.2, 0.25) is 5.91 Å². The molecule has 0 aliphatic carbocycles. The molecule has 1 aliphatic rings. The third-order valence-electron chi connectivity index (χ3n) is 4.11. The van der Waals surface area contributed by atoms with Crippen LogP contribution in [0.1, 0.15) is 19.8 Å². The zero-order chi connectivity index (χ0) is 16.3. The SMILES string of the molecule is CC(CC(=O)N1CCC(CN)C1)S(=O)(=O)c1ccc(F)cc1. The van der Waals surface area contributed by atoms with Gasteiger partial charge in [-0.3, -0.25) is 4.79 Å². The Morgan fingerprint density at radius 2 is 2.05 bits per heavy atom. The molecule has 2 unspecified atom stereocenters. The molecule has 2 atom stereocenters. The molecule has 0 bridgehead atoms. The van der Waals surface area contributed by atoms with E-state index in [9.17, 15) is 17.6 Å². The van der Waals surface area contributed by atoms with Crippen LogP contribution in [-0.4, -0.2) is 44.1 Å². The monoisotopic (exact) mass is 328 g/mol. The van der Waals surface area contributed by atoms with Gasteiger partial charge in [0.15, 0.2) is 9.84 Å². The number of likely N-dealkylation sites (tertiary alicyclic amines) is 1. The van der Waals surface area contributed by atoms with E-state index in [1.807, 2.05) is 0 Å². The second kappa shape index (κ2) is 6.75. The summed E-state index contributed by atoms with van der Waals surface area (Å²) in [7, 11) is -3.64. The summed E-state index contributed by atoms with van der Waals surface area (Å²) in [5.41, 5.74) is 5.59. The van der Waals surface area contributed by atoms with Crippen LogP contribution >= 0.6 is 0 Å². The number of amides is 1. The summed E-state index contributed by atoms with van der Waals surface area (Å²) in [6.45, 7) is 3.27. The van der Waals surface area contributed by atoms with E-state index in [0.717, 1.165) is 18.6 Å². The second-order valence-electron chi connectivity index (χ2n) is 5.74. The topological polar surface area (TPSA) is 80.5 Å². The summed E-state index contributed by atoms with van der Waals surface area (Å²) in [4.78, 5) is 13.9. The Balaban J connectivity index is 2.03. The number of nitrogens with zero attached hydrogens (tertiary/aromatic N) is 1. The summed E-state index contributed by atoms with van der Waals surface area (Å²) in [5.74, 6) is -0.366. The maximum absolute atomic E-state index is 12.9. The Hall–Kier alpha value is -1.47. The minimum absolute atomic E-state index is 0.0375. The molecule has 7 heteroatoms. The molecule has 2 N–H and O–H groups in total. The average molecular weight is 328 g/mol. The number of sulfone groups is 1. The van der Waals surface area contributed by atoms with Gasteiger partial charge in [0.1, 0.15) is 5.82 Å². The number of rotatable bonds is 5. The van der Waals surface area contributed by atoms with Gasteiger partial charge in [0.25, 0.3) is 0 Å². The van der Waals surface area contributed by atoms with E-state index in [1.54, 1.807) is 4.90 Å². The van der Waals surface area contributed by atoms with Gasteiger partial charge in [-0.2, -0.15) is 0 Å². The van der Waals surface area contributed by atoms with E-state index in [2.05, 4.69) is 0 Å². The number of nitrogens with two attached hydrogens (primary N) is 1. The number of hydrogen-bond donors (Lipinski definition) is 1. The molecule has 0 saturated carbocycles. The van der Waals surface area contributed by atoms with Crippen molar-refractivity contribution < 1.29 is 17.6 Å². The van der Waals surface area contributed by atoms with Crippen LogP contribution < -0.4 is 5.73 Å². The molecule has 1 aliphatic heterocycles. The van der Waals surface area contributed by atoms with Gasteiger partial charge in [0.05, 0.1) is 10.1 Å². The molecule has 1 heterocycles. The first-order valence-electron chi connectivity index (χ1n) is 7.32. The Morgan fingerprint density at radius 3 is 2.59 bits per heavy atom. The first-order chi connectivity index (χ1) is 10.3. The molecule has 1 aromatic rings. The number of halogens is 1. The molecule has 0 aromatic heterocycles. The van der Waals surface area contributed by atoms with Crippen LogP contribution in [-0.2, 0) is 14.6 Å². The molecule has 22 heavy (non-hydrogen) atoms. The van der Waals surface area contributed by atoms with Crippen LogP contribution in [0.2, 0.25) is 0 Å². The van der Waals surface area contributed by atoms with Gasteiger partial charge in [-0.05, 0) is 50.1 Å². The van der Waals surface area contributed by atoms with Crippen LogP contribution in [0.4, 0.5) is 4.39 Å². The molecule has 0 radical (unpaired) electrons. The van der Waals surface area contributed by atoms with Crippen LogP contribution in [0.3, 0.4) is 0 Å². The van der Waals surface area contributed by atoms with E-state index in [-0.39, 0.29) is 17.2 Å². The zero-order valence-electron chi connectivity index (χ0n) is 12.5. The highest BCUT2D eigenvalue weighted by Crippen LogP contribution is 2.21. The highest BCUT2D eigenvalue weighted by Gasteiger charge is 2.30. The number of hydrogen-bond acceptors (Lipinski definition) is 4. The summed E-state index contributed by atoms with van der Waals surface area (Å²) in [5, 5.41) is -0.845. The van der Waals surface area contributed by atoms with Crippen molar-refractivity contribution in [2.75, 3.05) is 19.6 Å². The maximum Gasteiger partial charge on any atom is 0.223 e. The number of benzene rings is 1. The van der Waals surface area contributed by atoms with Gasteiger partial charge in [-0.15, -0.1) is 0 Å². The van der Waals surface area contributed by atoms with E-state index in [4.69, 9.17) is 5.73 Å². The van der Waals surface area contributed by atoms with Crippen LogP contribution in [0, 0.1) is 11.7 Å². The fourth-order valence-corrected chi connectivity index (χ4v) is 3.93. The normalized spacial score (nSPS) is 20.1. The highest BCUT2D eigenvalue weighted by molar-refractivity contribution is 7.92. The molecular formula is C15H21FN2O3S. The van der Waals surface area contributed by atoms with Crippen molar-refractivity contribution in [3.63, 3.8) is 0 Å². The number of carbonyl (C=O) groups excluding carboxylic acids is 1. The molecule has 1 fully saturated rings. The molecule has 0 spiro atoms. The van der Waals surface area contributed by atoms with Crippen molar-refractivity contribution >= 4 is 15.7 Å². The Labute approximate surface area is 130 Å². The Morgan fingerprint density at radius 1 is 1.41 bits per heavy atom. The van der Waals surface area contributed by atoms with E-state index >= 15 is 0 Å². The lowest BCUT2D eigenvalue weighted by atomic mass is 10.1. The first-order valence-corrected chi connectivity index (χ1v) is 8.86. The number of carbonyl (C=O) groups is 1. The molecular weight excluding hydrogens is 307 g/mol. The van der Waals surface area contributed by atoms with Crippen molar-refractivity contribution in [2.24, 2.45) is 11.7 Å². The van der Waals surface area contributed by atoms with Crippen molar-refractivity contribution in [1.82, 2.24) is 4.90 Å². The molecule has 1 aromatic carbocycles. The van der Waals surface area contributed by atoms with Crippen molar-refractivity contribution in [1.29, 1.82) is 0 Å². The quantitative estimate of drug-likeness (QED) is 0.823. The minimum atomic E-state index is -3.64. The predicted molar refractivity (Wildman–Crippen MR) is 81.4 cm³/mol. The van der Waals surface area contributed by atoms with Gasteiger partial charge in [0, 0.05) is 19.5 Å².